The number of anilines is 1. The largest absolute Gasteiger partial charge is 0.369 e. The number of rotatable bonds is 3. The molecule has 1 unspecified atom stereocenters. The molecular weight excluding hydrogens is 279 g/mol. The highest BCUT2D eigenvalue weighted by Gasteiger charge is 2.28. The number of halogens is 1. The van der Waals surface area contributed by atoms with Gasteiger partial charge in [-0.1, -0.05) is 19.9 Å². The first-order chi connectivity index (χ1) is 10.6. The monoisotopic (exact) mass is 310 g/mol. The second-order valence-electron chi connectivity index (χ2n) is 5.23. The van der Waals surface area contributed by atoms with Crippen molar-refractivity contribution in [1.82, 2.24) is 4.90 Å². The van der Waals surface area contributed by atoms with Crippen LogP contribution in [0.3, 0.4) is 0 Å². The Kier molecular flexibility index (Phi) is 10.5. The van der Waals surface area contributed by atoms with Crippen molar-refractivity contribution in [2.24, 2.45) is 17.4 Å². The van der Waals surface area contributed by atoms with Crippen molar-refractivity contribution in [1.29, 1.82) is 0 Å². The van der Waals surface area contributed by atoms with E-state index in [1.165, 1.54) is 13.1 Å². The number of hydrogen-bond donors (Lipinski definition) is 2. The zero-order chi connectivity index (χ0) is 17.1. The highest BCUT2D eigenvalue weighted by molar-refractivity contribution is 5.47. The molecule has 126 valence electrons. The molecule has 0 bridgehead atoms. The maximum atomic E-state index is 13.3. The lowest BCUT2D eigenvalue weighted by atomic mass is 9.99. The second-order valence-corrected chi connectivity index (χ2v) is 5.23. The van der Waals surface area contributed by atoms with Crippen molar-refractivity contribution in [3.05, 3.63) is 43.2 Å². The minimum atomic E-state index is -0.171. The van der Waals surface area contributed by atoms with E-state index in [-0.39, 0.29) is 5.82 Å². The second kappa shape index (κ2) is 11.2. The van der Waals surface area contributed by atoms with Crippen LogP contribution in [0.25, 0.3) is 0 Å². The fraction of sp³-hybridized carbons (Fsp3) is 0.529. The Labute approximate surface area is 134 Å². The van der Waals surface area contributed by atoms with Crippen molar-refractivity contribution in [2.45, 2.75) is 19.9 Å². The molecule has 1 heterocycles. The van der Waals surface area contributed by atoms with Crippen LogP contribution in [0.1, 0.15) is 13.8 Å². The summed E-state index contributed by atoms with van der Waals surface area (Å²) in [5, 5.41) is 0. The summed E-state index contributed by atoms with van der Waals surface area (Å²) in [7, 11) is 1.50. The van der Waals surface area contributed by atoms with E-state index in [9.17, 15) is 4.39 Å². The van der Waals surface area contributed by atoms with Crippen LogP contribution < -0.4 is 16.4 Å². The summed E-state index contributed by atoms with van der Waals surface area (Å²) in [4.78, 5) is 4.56. The molecule has 1 aromatic rings. The van der Waals surface area contributed by atoms with E-state index >= 15 is 0 Å². The van der Waals surface area contributed by atoms with Gasteiger partial charge >= 0.3 is 0 Å². The topological polar surface area (TPSA) is 58.5 Å². The molecule has 22 heavy (non-hydrogen) atoms. The Morgan fingerprint density at radius 3 is 2.41 bits per heavy atom. The molecule has 1 saturated heterocycles. The van der Waals surface area contributed by atoms with E-state index in [0.717, 1.165) is 25.3 Å². The third kappa shape index (κ3) is 5.75. The van der Waals surface area contributed by atoms with Crippen LogP contribution in [0.2, 0.25) is 0 Å². The van der Waals surface area contributed by atoms with Gasteiger partial charge in [-0.3, -0.25) is 4.90 Å². The number of hydrogen-bond acceptors (Lipinski definition) is 4. The molecule has 0 saturated carbocycles. The minimum Gasteiger partial charge on any atom is -0.369 e. The van der Waals surface area contributed by atoms with Gasteiger partial charge in [0.2, 0.25) is 0 Å². The molecule has 4 N–H and O–H groups in total. The SMILES string of the molecule is C=C.CC(C)C1CN(c2cccc(F)c2)CCN1CN.CN. The van der Waals surface area contributed by atoms with Gasteiger partial charge < -0.3 is 16.4 Å². The van der Waals surface area contributed by atoms with Gasteiger partial charge in [0.15, 0.2) is 0 Å². The molecule has 0 aliphatic carbocycles. The standard InChI is InChI=1S/C14H22FN3.C2H4.CH5N/c1-11(2)14-9-17(6-7-18(14)10-16)13-5-3-4-12(15)8-13;2*1-2/h3-5,8,11,14H,6-7,9-10,16H2,1-2H3;1-2H2;2H2,1H3. The molecule has 2 rings (SSSR count). The zero-order valence-electron chi connectivity index (χ0n) is 14.1. The normalized spacial score (nSPS) is 18.1. The lowest BCUT2D eigenvalue weighted by Crippen LogP contribution is -2.56. The van der Waals surface area contributed by atoms with Gasteiger partial charge in [0.1, 0.15) is 5.82 Å². The third-order valence-corrected chi connectivity index (χ3v) is 3.71. The Hall–Kier alpha value is -1.43. The zero-order valence-corrected chi connectivity index (χ0v) is 14.1. The molecule has 1 atom stereocenters. The molecule has 0 amide bonds. The lowest BCUT2D eigenvalue weighted by molar-refractivity contribution is 0.142. The maximum Gasteiger partial charge on any atom is 0.125 e. The van der Waals surface area contributed by atoms with E-state index in [1.807, 2.05) is 6.07 Å². The summed E-state index contributed by atoms with van der Waals surface area (Å²) in [5.41, 5.74) is 11.3. The van der Waals surface area contributed by atoms with Crippen molar-refractivity contribution in [2.75, 3.05) is 38.3 Å². The maximum absolute atomic E-state index is 13.3. The smallest absolute Gasteiger partial charge is 0.125 e. The van der Waals surface area contributed by atoms with Gasteiger partial charge in [0.05, 0.1) is 0 Å². The molecule has 5 heteroatoms. The molecule has 1 fully saturated rings. The molecule has 1 aliphatic rings. The number of nitrogens with two attached hydrogens (primary N) is 2. The fourth-order valence-corrected chi connectivity index (χ4v) is 2.61. The summed E-state index contributed by atoms with van der Waals surface area (Å²) in [5.74, 6) is 0.375. The lowest BCUT2D eigenvalue weighted by Gasteiger charge is -2.43. The van der Waals surface area contributed by atoms with Crippen LogP contribution >= 0.6 is 0 Å². The van der Waals surface area contributed by atoms with Gasteiger partial charge in [-0.2, -0.15) is 0 Å². The van der Waals surface area contributed by atoms with Crippen molar-refractivity contribution in [3.63, 3.8) is 0 Å². The van der Waals surface area contributed by atoms with Crippen LogP contribution in [-0.2, 0) is 0 Å². The van der Waals surface area contributed by atoms with Crippen LogP contribution in [0, 0.1) is 11.7 Å². The first kappa shape index (κ1) is 20.6. The van der Waals surface area contributed by atoms with Crippen LogP contribution in [0.4, 0.5) is 10.1 Å². The van der Waals surface area contributed by atoms with E-state index in [2.05, 4.69) is 42.5 Å². The molecule has 1 aromatic carbocycles. The van der Waals surface area contributed by atoms with E-state index in [1.54, 1.807) is 12.1 Å². The average Bonchev–Trinajstić information content (AvgIpc) is 2.58. The van der Waals surface area contributed by atoms with Crippen molar-refractivity contribution in [3.8, 4) is 0 Å². The Bertz CT molecular complexity index is 411. The van der Waals surface area contributed by atoms with Gasteiger partial charge in [0, 0.05) is 38.0 Å². The summed E-state index contributed by atoms with van der Waals surface area (Å²) in [6.07, 6.45) is 0. The van der Waals surface area contributed by atoms with E-state index in [4.69, 9.17) is 5.73 Å². The van der Waals surface area contributed by atoms with Gasteiger partial charge in [0.25, 0.3) is 0 Å². The molecule has 0 spiro atoms. The first-order valence-electron chi connectivity index (χ1n) is 7.64. The molecule has 0 radical (unpaired) electrons. The Balaban J connectivity index is 0.00000102. The summed E-state index contributed by atoms with van der Waals surface area (Å²) < 4.78 is 13.3. The Morgan fingerprint density at radius 1 is 1.27 bits per heavy atom. The predicted octanol–water partition coefficient (Wildman–Crippen LogP) is 2.27. The summed E-state index contributed by atoms with van der Waals surface area (Å²) in [6.45, 7) is 13.8. The molecule has 0 aromatic heterocycles. The predicted molar refractivity (Wildman–Crippen MR) is 94.4 cm³/mol. The molecular formula is C17H31FN4. The highest BCUT2D eigenvalue weighted by Crippen LogP contribution is 2.22. The highest BCUT2D eigenvalue weighted by atomic mass is 19.1. The third-order valence-electron chi connectivity index (χ3n) is 3.71. The van der Waals surface area contributed by atoms with E-state index < -0.39 is 0 Å². The average molecular weight is 310 g/mol. The summed E-state index contributed by atoms with van der Waals surface area (Å²) >= 11 is 0. The fourth-order valence-electron chi connectivity index (χ4n) is 2.61. The van der Waals surface area contributed by atoms with Crippen LogP contribution in [0.15, 0.2) is 37.4 Å². The van der Waals surface area contributed by atoms with Crippen LogP contribution in [-0.4, -0.2) is 44.3 Å². The molecule has 4 nitrogen and oxygen atoms in total. The van der Waals surface area contributed by atoms with Gasteiger partial charge in [-0.25, -0.2) is 4.39 Å². The first-order valence-corrected chi connectivity index (χ1v) is 7.64. The molecule has 1 aliphatic heterocycles. The number of nitrogens with zero attached hydrogens (tertiary/aromatic N) is 2. The quantitative estimate of drug-likeness (QED) is 0.841. The number of benzene rings is 1. The Morgan fingerprint density at radius 2 is 1.91 bits per heavy atom. The van der Waals surface area contributed by atoms with Gasteiger partial charge in [-0.05, 0) is 31.2 Å². The minimum absolute atomic E-state index is 0.171. The van der Waals surface area contributed by atoms with Gasteiger partial charge in [-0.15, -0.1) is 13.2 Å². The van der Waals surface area contributed by atoms with E-state index in [0.29, 0.717) is 18.6 Å². The van der Waals surface area contributed by atoms with Crippen LogP contribution in [0.5, 0.6) is 0 Å². The van der Waals surface area contributed by atoms with Crippen molar-refractivity contribution >= 4 is 5.69 Å². The van der Waals surface area contributed by atoms with Crippen molar-refractivity contribution < 1.29 is 4.39 Å². The number of piperazine rings is 1. The summed E-state index contributed by atoms with van der Waals surface area (Å²) in [6, 6.07) is 7.27.